The molecule has 1 rings (SSSR count). The topological polar surface area (TPSA) is 113 Å². The van der Waals surface area contributed by atoms with Gasteiger partial charge in [0.25, 0.3) is 0 Å². The van der Waals surface area contributed by atoms with Gasteiger partial charge in [0, 0.05) is 5.69 Å². The quantitative estimate of drug-likeness (QED) is 0.731. The Bertz CT molecular complexity index is 508. The molecule has 0 atom stereocenters. The second-order valence-corrected chi connectivity index (χ2v) is 3.56. The van der Waals surface area contributed by atoms with Gasteiger partial charge in [-0.1, -0.05) is 0 Å². The number of rotatable bonds is 5. The lowest BCUT2D eigenvalue weighted by Gasteiger charge is -2.21. The zero-order valence-electron chi connectivity index (χ0n) is 9.39. The third-order valence-electron chi connectivity index (χ3n) is 2.13. The predicted molar refractivity (Wildman–Crippen MR) is 61.7 cm³/mol. The first kappa shape index (κ1) is 13.4. The highest BCUT2D eigenvalue weighted by molar-refractivity contribution is 5.84. The maximum absolute atomic E-state index is 13.4. The lowest BCUT2D eigenvalue weighted by molar-refractivity contribution is -0.117. The largest absolute Gasteiger partial charge is 0.368 e. The molecule has 18 heavy (non-hydrogen) atoms. The number of hydrogen-bond donors (Lipinski definition) is 2. The van der Waals surface area contributed by atoms with E-state index >= 15 is 0 Å². The third kappa shape index (κ3) is 3.45. The van der Waals surface area contributed by atoms with E-state index in [4.69, 9.17) is 16.7 Å². The van der Waals surface area contributed by atoms with Crippen molar-refractivity contribution in [1.82, 2.24) is 0 Å². The zero-order valence-corrected chi connectivity index (χ0v) is 9.39. The van der Waals surface area contributed by atoms with Crippen molar-refractivity contribution in [2.75, 3.05) is 18.0 Å². The van der Waals surface area contributed by atoms with Crippen molar-refractivity contribution in [2.45, 2.75) is 0 Å². The summed E-state index contributed by atoms with van der Waals surface area (Å²) in [4.78, 5) is 22.9. The van der Waals surface area contributed by atoms with Gasteiger partial charge in [0.1, 0.15) is 11.9 Å². The molecule has 94 valence electrons. The van der Waals surface area contributed by atoms with E-state index in [-0.39, 0.29) is 24.3 Å². The van der Waals surface area contributed by atoms with Crippen LogP contribution in [0.3, 0.4) is 0 Å². The average Bonchev–Trinajstić information content (AvgIpc) is 2.26. The summed E-state index contributed by atoms with van der Waals surface area (Å²) in [5.41, 5.74) is 10.2. The number of nitrogens with two attached hydrogens (primary N) is 2. The Hall–Kier alpha value is -2.62. The molecular weight excluding hydrogens is 239 g/mol. The molecule has 1 aromatic carbocycles. The van der Waals surface area contributed by atoms with Gasteiger partial charge < -0.3 is 16.4 Å². The Kier molecular flexibility index (Phi) is 4.21. The summed E-state index contributed by atoms with van der Waals surface area (Å²) in [5, 5.41) is 8.59. The maximum Gasteiger partial charge on any atom is 0.236 e. The van der Waals surface area contributed by atoms with Crippen molar-refractivity contribution < 1.29 is 14.0 Å². The van der Waals surface area contributed by atoms with Crippen molar-refractivity contribution >= 4 is 17.5 Å². The first-order chi connectivity index (χ1) is 8.43. The van der Waals surface area contributed by atoms with Crippen LogP contribution >= 0.6 is 0 Å². The van der Waals surface area contributed by atoms with Crippen LogP contribution < -0.4 is 16.4 Å². The standard InChI is InChI=1S/C11H11FN4O2/c12-9-3-8(2-1-7(9)4-13)16(5-10(14)17)6-11(15)18/h1-3H,5-6H2,(H2,14,17)(H2,15,18). The summed E-state index contributed by atoms with van der Waals surface area (Å²) >= 11 is 0. The van der Waals surface area contributed by atoms with Gasteiger partial charge in [-0.15, -0.1) is 0 Å². The lowest BCUT2D eigenvalue weighted by atomic mass is 10.2. The minimum atomic E-state index is -0.742. The number of halogens is 1. The summed E-state index contributed by atoms with van der Waals surface area (Å²) in [6, 6.07) is 5.37. The molecule has 1 aromatic rings. The summed E-state index contributed by atoms with van der Waals surface area (Å²) in [6.45, 7) is -0.539. The Labute approximate surface area is 103 Å². The molecule has 0 aliphatic heterocycles. The normalized spacial score (nSPS) is 9.56. The molecular formula is C11H11FN4O2. The summed E-state index contributed by atoms with van der Waals surface area (Å²) in [5.74, 6) is -2.10. The second kappa shape index (κ2) is 5.63. The smallest absolute Gasteiger partial charge is 0.236 e. The zero-order chi connectivity index (χ0) is 13.7. The third-order valence-corrected chi connectivity index (χ3v) is 2.13. The number of carbonyl (C=O) groups is 2. The van der Waals surface area contributed by atoms with Crippen molar-refractivity contribution in [3.63, 3.8) is 0 Å². The van der Waals surface area contributed by atoms with Crippen LogP contribution in [0.5, 0.6) is 0 Å². The molecule has 0 radical (unpaired) electrons. The molecule has 0 aromatic heterocycles. The molecule has 7 heteroatoms. The molecule has 0 fully saturated rings. The van der Waals surface area contributed by atoms with Crippen molar-refractivity contribution in [1.29, 1.82) is 5.26 Å². The van der Waals surface area contributed by atoms with Crippen LogP contribution in [0, 0.1) is 17.1 Å². The molecule has 0 heterocycles. The lowest BCUT2D eigenvalue weighted by Crippen LogP contribution is -2.39. The fourth-order valence-corrected chi connectivity index (χ4v) is 1.41. The minimum Gasteiger partial charge on any atom is -0.368 e. The van der Waals surface area contributed by atoms with Gasteiger partial charge in [-0.2, -0.15) is 5.26 Å². The second-order valence-electron chi connectivity index (χ2n) is 3.56. The molecule has 0 aliphatic carbocycles. The number of benzene rings is 1. The highest BCUT2D eigenvalue weighted by Gasteiger charge is 2.14. The Balaban J connectivity index is 3.05. The van der Waals surface area contributed by atoms with E-state index in [0.717, 1.165) is 6.07 Å². The van der Waals surface area contributed by atoms with E-state index in [2.05, 4.69) is 0 Å². The van der Waals surface area contributed by atoms with Crippen LogP contribution in [0.1, 0.15) is 5.56 Å². The number of nitriles is 1. The fraction of sp³-hybridized carbons (Fsp3) is 0.182. The maximum atomic E-state index is 13.4. The highest BCUT2D eigenvalue weighted by Crippen LogP contribution is 2.17. The SMILES string of the molecule is N#Cc1ccc(N(CC(N)=O)CC(N)=O)cc1F. The molecule has 4 N–H and O–H groups in total. The number of anilines is 1. The van der Waals surface area contributed by atoms with Crippen molar-refractivity contribution in [3.8, 4) is 6.07 Å². The molecule has 0 saturated carbocycles. The average molecular weight is 250 g/mol. The van der Waals surface area contributed by atoms with Crippen LogP contribution in [-0.4, -0.2) is 24.9 Å². The Morgan fingerprint density at radius 3 is 2.22 bits per heavy atom. The van der Waals surface area contributed by atoms with Crippen molar-refractivity contribution in [3.05, 3.63) is 29.6 Å². The van der Waals surface area contributed by atoms with Crippen LogP contribution in [0.15, 0.2) is 18.2 Å². The number of hydrogen-bond acceptors (Lipinski definition) is 4. The molecule has 6 nitrogen and oxygen atoms in total. The van der Waals surface area contributed by atoms with Gasteiger partial charge >= 0.3 is 0 Å². The van der Waals surface area contributed by atoms with E-state index in [1.165, 1.54) is 17.0 Å². The molecule has 0 unspecified atom stereocenters. The van der Waals surface area contributed by atoms with Gasteiger partial charge in [-0.3, -0.25) is 9.59 Å². The molecule has 0 bridgehead atoms. The van der Waals surface area contributed by atoms with Crippen molar-refractivity contribution in [2.24, 2.45) is 11.5 Å². The highest BCUT2D eigenvalue weighted by atomic mass is 19.1. The Morgan fingerprint density at radius 2 is 1.83 bits per heavy atom. The van der Waals surface area contributed by atoms with Gasteiger partial charge in [0.2, 0.25) is 11.8 Å². The van der Waals surface area contributed by atoms with E-state index in [1.54, 1.807) is 6.07 Å². The number of nitrogens with zero attached hydrogens (tertiary/aromatic N) is 2. The number of amides is 2. The monoisotopic (exact) mass is 250 g/mol. The molecule has 0 aliphatic rings. The molecule has 2 amide bonds. The number of carbonyl (C=O) groups excluding carboxylic acids is 2. The summed E-state index contributed by atoms with van der Waals surface area (Å²) < 4.78 is 13.4. The first-order valence-electron chi connectivity index (χ1n) is 4.95. The molecule has 0 spiro atoms. The van der Waals surface area contributed by atoms with E-state index in [0.29, 0.717) is 0 Å². The fourth-order valence-electron chi connectivity index (χ4n) is 1.41. The van der Waals surface area contributed by atoms with Gasteiger partial charge in [-0.25, -0.2) is 4.39 Å². The summed E-state index contributed by atoms with van der Waals surface area (Å²) in [6.07, 6.45) is 0. The van der Waals surface area contributed by atoms with Crippen LogP contribution in [0.2, 0.25) is 0 Å². The van der Waals surface area contributed by atoms with Crippen LogP contribution in [0.25, 0.3) is 0 Å². The van der Waals surface area contributed by atoms with E-state index in [9.17, 15) is 14.0 Å². The van der Waals surface area contributed by atoms with Crippen LogP contribution in [0.4, 0.5) is 10.1 Å². The Morgan fingerprint density at radius 1 is 1.28 bits per heavy atom. The first-order valence-corrected chi connectivity index (χ1v) is 4.95. The van der Waals surface area contributed by atoms with Gasteiger partial charge in [0.05, 0.1) is 18.7 Å². The van der Waals surface area contributed by atoms with Crippen LogP contribution in [-0.2, 0) is 9.59 Å². The molecule has 0 saturated heterocycles. The van der Waals surface area contributed by atoms with E-state index in [1.807, 2.05) is 0 Å². The number of primary amides is 2. The predicted octanol–water partition coefficient (Wildman–Crippen LogP) is -0.526. The minimum absolute atomic E-state index is 0.128. The van der Waals surface area contributed by atoms with Gasteiger partial charge in [0.15, 0.2) is 0 Å². The summed E-state index contributed by atoms with van der Waals surface area (Å²) in [7, 11) is 0. The van der Waals surface area contributed by atoms with E-state index < -0.39 is 17.6 Å². The van der Waals surface area contributed by atoms with Gasteiger partial charge in [-0.05, 0) is 18.2 Å².